The van der Waals surface area contributed by atoms with E-state index in [0.717, 1.165) is 29.9 Å². The lowest BCUT2D eigenvalue weighted by Gasteiger charge is -2.29. The minimum Gasteiger partial charge on any atom is -0.399 e. The Morgan fingerprint density at radius 2 is 2.26 bits per heavy atom. The van der Waals surface area contributed by atoms with E-state index in [9.17, 15) is 5.11 Å². The van der Waals surface area contributed by atoms with Crippen LogP contribution in [0.25, 0.3) is 0 Å². The van der Waals surface area contributed by atoms with Gasteiger partial charge >= 0.3 is 0 Å². The van der Waals surface area contributed by atoms with Gasteiger partial charge in [-0.05, 0) is 37.1 Å². The highest BCUT2D eigenvalue weighted by Crippen LogP contribution is 2.28. The molecular formula is C14H23N3O2. The molecule has 1 aliphatic heterocycles. The maximum absolute atomic E-state index is 10.1. The van der Waals surface area contributed by atoms with Crippen molar-refractivity contribution in [2.75, 3.05) is 36.9 Å². The third kappa shape index (κ3) is 3.18. The van der Waals surface area contributed by atoms with Gasteiger partial charge in [0.1, 0.15) is 0 Å². The van der Waals surface area contributed by atoms with E-state index in [0.29, 0.717) is 13.1 Å². The monoisotopic (exact) mass is 265 g/mol. The molecule has 0 spiro atoms. The zero-order valence-electron chi connectivity index (χ0n) is 11.3. The van der Waals surface area contributed by atoms with Gasteiger partial charge in [0, 0.05) is 31.0 Å². The normalized spacial score (nSPS) is 23.0. The van der Waals surface area contributed by atoms with E-state index >= 15 is 0 Å². The number of aliphatic hydroxyl groups is 2. The van der Waals surface area contributed by atoms with Gasteiger partial charge in [-0.25, -0.2) is 0 Å². The first-order chi connectivity index (χ1) is 9.13. The number of rotatable bonds is 5. The summed E-state index contributed by atoms with van der Waals surface area (Å²) in [5.74, 6) is 0. The lowest BCUT2D eigenvalue weighted by Crippen LogP contribution is -2.44. The first kappa shape index (κ1) is 14.1. The topological polar surface area (TPSA) is 81.8 Å². The summed E-state index contributed by atoms with van der Waals surface area (Å²) in [7, 11) is 0. The molecule has 106 valence electrons. The second-order valence-corrected chi connectivity index (χ2v) is 5.09. The zero-order valence-corrected chi connectivity index (χ0v) is 11.3. The van der Waals surface area contributed by atoms with Crippen LogP contribution in [0.2, 0.25) is 0 Å². The van der Waals surface area contributed by atoms with Crippen LogP contribution in [0.1, 0.15) is 12.0 Å². The standard InChI is InChI=1S/C14H23N3O2/c1-10-8-11(2-3-12(10)15)17-6-4-14(19)13(17)9-16-5-7-18/h2-3,8,13-14,16,18-19H,4-7,9,15H2,1H3. The van der Waals surface area contributed by atoms with Gasteiger partial charge in [0.25, 0.3) is 0 Å². The molecule has 1 heterocycles. The molecule has 2 unspecified atom stereocenters. The molecule has 1 aromatic carbocycles. The molecule has 19 heavy (non-hydrogen) atoms. The fourth-order valence-corrected chi connectivity index (χ4v) is 2.57. The van der Waals surface area contributed by atoms with E-state index in [4.69, 9.17) is 10.8 Å². The van der Waals surface area contributed by atoms with Gasteiger partial charge in [-0.3, -0.25) is 0 Å². The Labute approximate surface area is 114 Å². The molecule has 1 saturated heterocycles. The number of hydrogen-bond acceptors (Lipinski definition) is 5. The van der Waals surface area contributed by atoms with Gasteiger partial charge < -0.3 is 26.2 Å². The van der Waals surface area contributed by atoms with Crippen molar-refractivity contribution in [3.63, 3.8) is 0 Å². The van der Waals surface area contributed by atoms with Crippen LogP contribution >= 0.6 is 0 Å². The molecule has 2 rings (SSSR count). The quantitative estimate of drug-likeness (QED) is 0.448. The maximum Gasteiger partial charge on any atom is 0.0772 e. The lowest BCUT2D eigenvalue weighted by molar-refractivity contribution is 0.161. The van der Waals surface area contributed by atoms with Crippen molar-refractivity contribution in [2.24, 2.45) is 0 Å². The highest BCUT2D eigenvalue weighted by Gasteiger charge is 2.32. The Morgan fingerprint density at radius 3 is 2.95 bits per heavy atom. The summed E-state index contributed by atoms with van der Waals surface area (Å²) in [4.78, 5) is 2.21. The van der Waals surface area contributed by atoms with Crippen molar-refractivity contribution in [3.05, 3.63) is 23.8 Å². The number of aliphatic hydroxyl groups excluding tert-OH is 2. The third-order valence-corrected chi connectivity index (χ3v) is 3.74. The van der Waals surface area contributed by atoms with E-state index < -0.39 is 0 Å². The molecule has 2 atom stereocenters. The van der Waals surface area contributed by atoms with Crippen LogP contribution in [0.3, 0.4) is 0 Å². The summed E-state index contributed by atoms with van der Waals surface area (Å²) in [5, 5.41) is 22.0. The SMILES string of the molecule is Cc1cc(N2CCC(O)C2CNCCO)ccc1N. The highest BCUT2D eigenvalue weighted by molar-refractivity contribution is 5.59. The van der Waals surface area contributed by atoms with Crippen LogP contribution in [-0.2, 0) is 0 Å². The second kappa shape index (κ2) is 6.23. The average Bonchev–Trinajstić information content (AvgIpc) is 2.75. The summed E-state index contributed by atoms with van der Waals surface area (Å²) >= 11 is 0. The summed E-state index contributed by atoms with van der Waals surface area (Å²) < 4.78 is 0. The van der Waals surface area contributed by atoms with Crippen LogP contribution in [0, 0.1) is 6.92 Å². The summed E-state index contributed by atoms with van der Waals surface area (Å²) in [6.45, 7) is 4.17. The Morgan fingerprint density at radius 1 is 1.47 bits per heavy atom. The number of hydrogen-bond donors (Lipinski definition) is 4. The zero-order chi connectivity index (χ0) is 13.8. The molecule has 0 bridgehead atoms. The number of nitrogens with one attached hydrogen (secondary N) is 1. The van der Waals surface area contributed by atoms with Crippen molar-refractivity contribution in [2.45, 2.75) is 25.5 Å². The van der Waals surface area contributed by atoms with Gasteiger partial charge in [0.2, 0.25) is 0 Å². The van der Waals surface area contributed by atoms with Gasteiger partial charge in [-0.1, -0.05) is 0 Å². The van der Waals surface area contributed by atoms with Crippen molar-refractivity contribution in [1.82, 2.24) is 5.32 Å². The maximum atomic E-state index is 10.1. The number of nitrogens with two attached hydrogens (primary N) is 1. The fourth-order valence-electron chi connectivity index (χ4n) is 2.57. The van der Waals surface area contributed by atoms with E-state index in [1.165, 1.54) is 0 Å². The lowest BCUT2D eigenvalue weighted by atomic mass is 10.1. The molecular weight excluding hydrogens is 242 g/mol. The summed E-state index contributed by atoms with van der Waals surface area (Å²) in [6.07, 6.45) is 0.443. The number of benzene rings is 1. The van der Waals surface area contributed by atoms with Gasteiger partial charge in [0.05, 0.1) is 18.8 Å². The molecule has 0 saturated carbocycles. The number of nitrogens with zero attached hydrogens (tertiary/aromatic N) is 1. The van der Waals surface area contributed by atoms with Crippen LogP contribution in [0.5, 0.6) is 0 Å². The molecule has 0 aromatic heterocycles. The molecule has 5 nitrogen and oxygen atoms in total. The van der Waals surface area contributed by atoms with Crippen molar-refractivity contribution < 1.29 is 10.2 Å². The third-order valence-electron chi connectivity index (χ3n) is 3.74. The molecule has 1 fully saturated rings. The molecule has 0 radical (unpaired) electrons. The average molecular weight is 265 g/mol. The molecule has 5 heteroatoms. The smallest absolute Gasteiger partial charge is 0.0772 e. The van der Waals surface area contributed by atoms with E-state index in [1.54, 1.807) is 0 Å². The summed E-state index contributed by atoms with van der Waals surface area (Å²) in [6, 6.07) is 6.02. The van der Waals surface area contributed by atoms with Gasteiger partial charge in [0.15, 0.2) is 0 Å². The van der Waals surface area contributed by atoms with Crippen LogP contribution in [-0.4, -0.2) is 48.6 Å². The predicted octanol–water partition coefficient (Wildman–Crippen LogP) is 0.0987. The number of nitrogen functional groups attached to an aromatic ring is 1. The summed E-state index contributed by atoms with van der Waals surface area (Å²) in [5.41, 5.74) is 8.78. The van der Waals surface area contributed by atoms with E-state index in [1.807, 2.05) is 19.1 Å². The van der Waals surface area contributed by atoms with E-state index in [2.05, 4.69) is 16.3 Å². The second-order valence-electron chi connectivity index (χ2n) is 5.09. The first-order valence-electron chi connectivity index (χ1n) is 6.76. The highest BCUT2D eigenvalue weighted by atomic mass is 16.3. The molecule has 1 aromatic rings. The van der Waals surface area contributed by atoms with Gasteiger partial charge in [-0.15, -0.1) is 0 Å². The van der Waals surface area contributed by atoms with Gasteiger partial charge in [-0.2, -0.15) is 0 Å². The Balaban J connectivity index is 2.10. The molecule has 1 aliphatic rings. The van der Waals surface area contributed by atoms with Crippen LogP contribution in [0.4, 0.5) is 11.4 Å². The minimum atomic E-state index is -0.330. The number of aryl methyl sites for hydroxylation is 1. The Kier molecular flexibility index (Phi) is 4.63. The van der Waals surface area contributed by atoms with Crippen molar-refractivity contribution in [1.29, 1.82) is 0 Å². The largest absolute Gasteiger partial charge is 0.399 e. The molecule has 5 N–H and O–H groups in total. The number of anilines is 2. The Bertz CT molecular complexity index is 425. The Hall–Kier alpha value is -1.30. The van der Waals surface area contributed by atoms with Crippen LogP contribution in [0.15, 0.2) is 18.2 Å². The van der Waals surface area contributed by atoms with Crippen molar-refractivity contribution >= 4 is 11.4 Å². The van der Waals surface area contributed by atoms with Crippen LogP contribution < -0.4 is 16.0 Å². The van der Waals surface area contributed by atoms with E-state index in [-0.39, 0.29) is 18.8 Å². The first-order valence-corrected chi connectivity index (χ1v) is 6.76. The molecule has 0 amide bonds. The molecule has 0 aliphatic carbocycles. The predicted molar refractivity (Wildman–Crippen MR) is 77.3 cm³/mol. The van der Waals surface area contributed by atoms with Crippen molar-refractivity contribution in [3.8, 4) is 0 Å². The fraction of sp³-hybridized carbons (Fsp3) is 0.571. The minimum absolute atomic E-state index is 0.0505.